The largest absolute Gasteiger partial charge is 0.494 e. The number of carbonyl (C=O) groups is 1. The first-order chi connectivity index (χ1) is 11.3. The summed E-state index contributed by atoms with van der Waals surface area (Å²) < 4.78 is 10.6. The average Bonchev–Trinajstić information content (AvgIpc) is 2.61. The zero-order valence-corrected chi connectivity index (χ0v) is 13.5. The van der Waals surface area contributed by atoms with E-state index >= 15 is 0 Å². The molecule has 0 unspecified atom stereocenters. The van der Waals surface area contributed by atoms with Crippen LogP contribution in [0.25, 0.3) is 10.9 Å². The van der Waals surface area contributed by atoms with E-state index in [1.807, 2.05) is 25.1 Å². The summed E-state index contributed by atoms with van der Waals surface area (Å²) in [7, 11) is 1.63. The molecule has 1 saturated heterocycles. The molecule has 0 amide bonds. The fourth-order valence-electron chi connectivity index (χ4n) is 3.02. The van der Waals surface area contributed by atoms with Crippen molar-refractivity contribution in [3.63, 3.8) is 0 Å². The van der Waals surface area contributed by atoms with Crippen molar-refractivity contribution in [1.29, 1.82) is 0 Å². The van der Waals surface area contributed by atoms with Crippen molar-refractivity contribution in [2.45, 2.75) is 6.92 Å². The topological polar surface area (TPSA) is 68.3 Å². The van der Waals surface area contributed by atoms with Crippen LogP contribution in [-0.2, 0) is 4.74 Å². The first-order valence-electron chi connectivity index (χ1n) is 7.95. The molecule has 2 aromatic rings. The van der Waals surface area contributed by atoms with E-state index in [9.17, 15) is 4.79 Å². The van der Waals surface area contributed by atoms with Gasteiger partial charge in [-0.25, -0.2) is 4.79 Å². The first-order valence-corrected chi connectivity index (χ1v) is 7.95. The lowest BCUT2D eigenvalue weighted by Gasteiger charge is -2.29. The van der Waals surface area contributed by atoms with Gasteiger partial charge in [-0.2, -0.15) is 0 Å². The van der Waals surface area contributed by atoms with Crippen LogP contribution in [0.3, 0.4) is 0 Å². The molecule has 0 radical (unpaired) electrons. The van der Waals surface area contributed by atoms with E-state index in [0.717, 1.165) is 42.8 Å². The van der Waals surface area contributed by atoms with E-state index in [1.54, 1.807) is 13.3 Å². The van der Waals surface area contributed by atoms with Crippen molar-refractivity contribution < 1.29 is 19.6 Å². The normalized spacial score (nSPS) is 14.8. The standard InChI is InChI=1S/C17H21N3O3/c1-3-23-17(21)13-11-19-15-12(5-4-6-14(15)22-2)16(13)20-9-7-18-8-10-20/h4-6,11,18H,3,7-10H2,1-2H3/p+1. The number of hydrogen-bond acceptors (Lipinski definition) is 5. The van der Waals surface area contributed by atoms with Gasteiger partial charge >= 0.3 is 5.97 Å². The van der Waals surface area contributed by atoms with Crippen LogP contribution in [0.1, 0.15) is 17.3 Å². The third-order valence-electron chi connectivity index (χ3n) is 4.07. The van der Waals surface area contributed by atoms with E-state index in [2.05, 4.69) is 15.2 Å². The average molecular weight is 316 g/mol. The summed E-state index contributed by atoms with van der Waals surface area (Å²) in [4.78, 5) is 19.1. The van der Waals surface area contributed by atoms with E-state index in [4.69, 9.17) is 9.47 Å². The molecule has 1 aliphatic heterocycles. The molecule has 0 spiro atoms. The Labute approximate surface area is 135 Å². The number of ether oxygens (including phenoxy) is 2. The highest BCUT2D eigenvalue weighted by molar-refractivity contribution is 6.06. The van der Waals surface area contributed by atoms with Crippen LogP contribution in [0.2, 0.25) is 0 Å². The Bertz CT molecular complexity index is 712. The second-order valence-corrected chi connectivity index (χ2v) is 5.45. The summed E-state index contributed by atoms with van der Waals surface area (Å²) >= 11 is 0. The molecule has 23 heavy (non-hydrogen) atoms. The molecule has 1 aliphatic rings. The number of para-hydroxylation sites is 1. The number of fused-ring (bicyclic) bond motifs is 1. The number of quaternary nitrogens is 1. The molecule has 122 valence electrons. The SMILES string of the molecule is CCOC(=O)c1cnc2c(OC)cccc2c1N1CC[NH2+]CC1. The van der Waals surface area contributed by atoms with Gasteiger partial charge in [-0.15, -0.1) is 0 Å². The smallest absolute Gasteiger partial charge is 0.341 e. The quantitative estimate of drug-likeness (QED) is 0.845. The summed E-state index contributed by atoms with van der Waals surface area (Å²) in [6, 6.07) is 5.80. The zero-order chi connectivity index (χ0) is 16.2. The van der Waals surface area contributed by atoms with Crippen LogP contribution >= 0.6 is 0 Å². The van der Waals surface area contributed by atoms with Gasteiger partial charge in [0.15, 0.2) is 0 Å². The maximum Gasteiger partial charge on any atom is 0.341 e. The number of piperazine rings is 1. The molecule has 2 heterocycles. The number of rotatable bonds is 4. The predicted molar refractivity (Wildman–Crippen MR) is 88.1 cm³/mol. The van der Waals surface area contributed by atoms with Crippen LogP contribution in [-0.4, -0.2) is 50.8 Å². The number of esters is 1. The molecule has 6 nitrogen and oxygen atoms in total. The van der Waals surface area contributed by atoms with Crippen LogP contribution in [0.4, 0.5) is 5.69 Å². The Morgan fingerprint density at radius 2 is 2.13 bits per heavy atom. The Kier molecular flexibility index (Phi) is 4.62. The molecular formula is C17H22N3O3+. The van der Waals surface area contributed by atoms with Crippen molar-refractivity contribution in [3.05, 3.63) is 30.0 Å². The molecule has 1 aromatic heterocycles. The van der Waals surface area contributed by atoms with Gasteiger partial charge in [-0.05, 0) is 13.0 Å². The van der Waals surface area contributed by atoms with E-state index in [0.29, 0.717) is 17.9 Å². The van der Waals surface area contributed by atoms with Crippen molar-refractivity contribution >= 4 is 22.6 Å². The Balaban J connectivity index is 2.20. The molecule has 6 heteroatoms. The summed E-state index contributed by atoms with van der Waals surface area (Å²) in [5, 5.41) is 3.21. The highest BCUT2D eigenvalue weighted by atomic mass is 16.5. The summed E-state index contributed by atoms with van der Waals surface area (Å²) in [6.45, 7) is 5.96. The lowest BCUT2D eigenvalue weighted by Crippen LogP contribution is -2.89. The number of carbonyl (C=O) groups excluding carboxylic acids is 1. The fourth-order valence-corrected chi connectivity index (χ4v) is 3.02. The monoisotopic (exact) mass is 316 g/mol. The second kappa shape index (κ2) is 6.83. The van der Waals surface area contributed by atoms with Crippen LogP contribution in [0.15, 0.2) is 24.4 Å². The number of anilines is 1. The van der Waals surface area contributed by atoms with Crippen molar-refractivity contribution in [3.8, 4) is 5.75 Å². The van der Waals surface area contributed by atoms with Crippen molar-refractivity contribution in [1.82, 2.24) is 4.98 Å². The van der Waals surface area contributed by atoms with Crippen molar-refractivity contribution in [2.24, 2.45) is 0 Å². The molecule has 2 N–H and O–H groups in total. The molecule has 0 bridgehead atoms. The van der Waals surface area contributed by atoms with Crippen LogP contribution in [0, 0.1) is 0 Å². The third-order valence-corrected chi connectivity index (χ3v) is 4.07. The Morgan fingerprint density at radius 3 is 2.83 bits per heavy atom. The van der Waals surface area contributed by atoms with Gasteiger partial charge < -0.3 is 19.7 Å². The molecule has 1 fully saturated rings. The van der Waals surface area contributed by atoms with Gasteiger partial charge in [-0.1, -0.05) is 12.1 Å². The van der Waals surface area contributed by atoms with Crippen LogP contribution in [0.5, 0.6) is 5.75 Å². The summed E-state index contributed by atoms with van der Waals surface area (Å²) in [6.07, 6.45) is 1.61. The third kappa shape index (κ3) is 2.94. The van der Waals surface area contributed by atoms with Gasteiger partial charge in [0.05, 0.1) is 45.6 Å². The highest BCUT2D eigenvalue weighted by Crippen LogP contribution is 2.34. The zero-order valence-electron chi connectivity index (χ0n) is 13.5. The van der Waals surface area contributed by atoms with Crippen LogP contribution < -0.4 is 15.0 Å². The van der Waals surface area contributed by atoms with E-state index in [1.165, 1.54) is 0 Å². The number of hydrogen-bond donors (Lipinski definition) is 1. The fraction of sp³-hybridized carbons (Fsp3) is 0.412. The second-order valence-electron chi connectivity index (χ2n) is 5.45. The lowest BCUT2D eigenvalue weighted by atomic mass is 10.1. The maximum atomic E-state index is 12.4. The lowest BCUT2D eigenvalue weighted by molar-refractivity contribution is -0.655. The maximum absolute atomic E-state index is 12.4. The summed E-state index contributed by atoms with van der Waals surface area (Å²) in [5.41, 5.74) is 2.20. The summed E-state index contributed by atoms with van der Waals surface area (Å²) in [5.74, 6) is 0.386. The number of nitrogens with two attached hydrogens (primary N) is 1. The first kappa shape index (κ1) is 15.6. The molecule has 1 aromatic carbocycles. The van der Waals surface area contributed by atoms with Gasteiger partial charge in [0, 0.05) is 11.6 Å². The molecular weight excluding hydrogens is 294 g/mol. The minimum atomic E-state index is -0.325. The van der Waals surface area contributed by atoms with Gasteiger partial charge in [0.2, 0.25) is 0 Å². The number of benzene rings is 1. The Morgan fingerprint density at radius 1 is 1.35 bits per heavy atom. The van der Waals surface area contributed by atoms with Gasteiger partial charge in [-0.3, -0.25) is 4.98 Å². The van der Waals surface area contributed by atoms with Gasteiger partial charge in [0.1, 0.15) is 16.8 Å². The van der Waals surface area contributed by atoms with Crippen molar-refractivity contribution in [2.75, 3.05) is 44.8 Å². The number of methoxy groups -OCH3 is 1. The number of nitrogens with zero attached hydrogens (tertiary/aromatic N) is 2. The minimum absolute atomic E-state index is 0.325. The number of aromatic nitrogens is 1. The highest BCUT2D eigenvalue weighted by Gasteiger charge is 2.24. The molecule has 0 atom stereocenters. The molecule has 0 aliphatic carbocycles. The van der Waals surface area contributed by atoms with E-state index < -0.39 is 0 Å². The minimum Gasteiger partial charge on any atom is -0.494 e. The molecule has 3 rings (SSSR count). The van der Waals surface area contributed by atoms with E-state index in [-0.39, 0.29) is 5.97 Å². The Hall–Kier alpha value is -2.34. The predicted octanol–water partition coefficient (Wildman–Crippen LogP) is 0.804. The number of pyridine rings is 1. The van der Waals surface area contributed by atoms with Gasteiger partial charge in [0.25, 0.3) is 0 Å². The molecule has 0 saturated carbocycles.